The summed E-state index contributed by atoms with van der Waals surface area (Å²) in [5.41, 5.74) is 0. The SMILES string of the molecule is CC1CCCCC(=O)O1.O=C1CCCCCO1. The molecule has 0 bridgehead atoms. The highest BCUT2D eigenvalue weighted by Crippen LogP contribution is 2.12. The van der Waals surface area contributed by atoms with Crippen LogP contribution >= 0.6 is 0 Å². The molecule has 2 aliphatic rings. The van der Waals surface area contributed by atoms with Crippen molar-refractivity contribution in [2.75, 3.05) is 6.61 Å². The Hall–Kier alpha value is -1.06. The van der Waals surface area contributed by atoms with Crippen LogP contribution in [0.1, 0.15) is 58.3 Å². The lowest BCUT2D eigenvalue weighted by atomic mass is 10.2. The molecule has 2 saturated heterocycles. The van der Waals surface area contributed by atoms with Gasteiger partial charge in [0.1, 0.15) is 0 Å². The van der Waals surface area contributed by atoms with E-state index in [2.05, 4.69) is 0 Å². The van der Waals surface area contributed by atoms with Crippen LogP contribution < -0.4 is 0 Å². The lowest BCUT2D eigenvalue weighted by molar-refractivity contribution is -0.147. The van der Waals surface area contributed by atoms with E-state index in [1.54, 1.807) is 0 Å². The van der Waals surface area contributed by atoms with Crippen LogP contribution in [0.2, 0.25) is 0 Å². The fourth-order valence-corrected chi connectivity index (χ4v) is 1.85. The molecule has 0 aliphatic carbocycles. The maximum absolute atomic E-state index is 10.7. The first-order chi connectivity index (χ1) is 8.18. The van der Waals surface area contributed by atoms with E-state index < -0.39 is 0 Å². The molecule has 2 heterocycles. The van der Waals surface area contributed by atoms with E-state index in [1.807, 2.05) is 6.92 Å². The number of cyclic esters (lactones) is 2. The van der Waals surface area contributed by atoms with E-state index >= 15 is 0 Å². The lowest BCUT2D eigenvalue weighted by Crippen LogP contribution is -2.10. The molecule has 4 heteroatoms. The molecule has 0 aromatic heterocycles. The van der Waals surface area contributed by atoms with Gasteiger partial charge in [0.25, 0.3) is 0 Å². The Balaban J connectivity index is 0.000000171. The summed E-state index contributed by atoms with van der Waals surface area (Å²) in [7, 11) is 0. The van der Waals surface area contributed by atoms with Crippen molar-refractivity contribution in [3.05, 3.63) is 0 Å². The molecule has 0 amide bonds. The van der Waals surface area contributed by atoms with Gasteiger partial charge in [0.15, 0.2) is 0 Å². The predicted molar refractivity (Wildman–Crippen MR) is 63.4 cm³/mol. The summed E-state index contributed by atoms with van der Waals surface area (Å²) in [6, 6.07) is 0. The molecule has 0 aromatic rings. The molecule has 2 fully saturated rings. The third-order valence-electron chi connectivity index (χ3n) is 2.86. The van der Waals surface area contributed by atoms with E-state index in [9.17, 15) is 9.59 Å². The molecule has 0 saturated carbocycles. The molecule has 1 unspecified atom stereocenters. The second-order valence-corrected chi connectivity index (χ2v) is 4.58. The molecule has 0 radical (unpaired) electrons. The van der Waals surface area contributed by atoms with Crippen LogP contribution in [0.25, 0.3) is 0 Å². The van der Waals surface area contributed by atoms with Crippen molar-refractivity contribution in [2.45, 2.75) is 64.4 Å². The van der Waals surface area contributed by atoms with Crippen molar-refractivity contribution >= 4 is 11.9 Å². The molecule has 2 aliphatic heterocycles. The second kappa shape index (κ2) is 8.09. The number of carbonyl (C=O) groups is 2. The van der Waals surface area contributed by atoms with Gasteiger partial charge in [-0.3, -0.25) is 9.59 Å². The third-order valence-corrected chi connectivity index (χ3v) is 2.86. The van der Waals surface area contributed by atoms with Crippen molar-refractivity contribution in [1.82, 2.24) is 0 Å². The van der Waals surface area contributed by atoms with Crippen molar-refractivity contribution in [3.8, 4) is 0 Å². The average Bonchev–Trinajstić information content (AvgIpc) is 2.62. The Labute approximate surface area is 103 Å². The second-order valence-electron chi connectivity index (χ2n) is 4.58. The average molecular weight is 242 g/mol. The summed E-state index contributed by atoms with van der Waals surface area (Å²) in [5, 5.41) is 0. The minimum atomic E-state index is -0.0278. The van der Waals surface area contributed by atoms with Gasteiger partial charge in [-0.05, 0) is 45.4 Å². The van der Waals surface area contributed by atoms with Crippen molar-refractivity contribution in [3.63, 3.8) is 0 Å². The summed E-state index contributed by atoms with van der Waals surface area (Å²) in [5.74, 6) is -0.0532. The summed E-state index contributed by atoms with van der Waals surface area (Å²) in [6.45, 7) is 2.59. The molecular weight excluding hydrogens is 220 g/mol. The lowest BCUT2D eigenvalue weighted by Gasteiger charge is -2.06. The maximum Gasteiger partial charge on any atom is 0.306 e. The highest BCUT2D eigenvalue weighted by molar-refractivity contribution is 5.69. The van der Waals surface area contributed by atoms with Crippen LogP contribution in [0.15, 0.2) is 0 Å². The van der Waals surface area contributed by atoms with Gasteiger partial charge in [-0.25, -0.2) is 0 Å². The van der Waals surface area contributed by atoms with E-state index in [0.29, 0.717) is 19.4 Å². The zero-order valence-corrected chi connectivity index (χ0v) is 10.6. The number of hydrogen-bond donors (Lipinski definition) is 0. The Bertz CT molecular complexity index is 240. The molecule has 98 valence electrons. The zero-order chi connectivity index (χ0) is 12.5. The highest BCUT2D eigenvalue weighted by atomic mass is 16.5. The van der Waals surface area contributed by atoms with Crippen LogP contribution in [0.5, 0.6) is 0 Å². The summed E-state index contributed by atoms with van der Waals surface area (Å²) in [4.78, 5) is 21.1. The number of carbonyl (C=O) groups excluding carboxylic acids is 2. The number of ether oxygens (including phenoxy) is 2. The van der Waals surface area contributed by atoms with E-state index in [1.165, 1.54) is 0 Å². The minimum Gasteiger partial charge on any atom is -0.466 e. The van der Waals surface area contributed by atoms with Gasteiger partial charge in [-0.1, -0.05) is 0 Å². The van der Waals surface area contributed by atoms with Gasteiger partial charge in [-0.2, -0.15) is 0 Å². The molecule has 0 N–H and O–H groups in total. The first kappa shape index (κ1) is 14.0. The summed E-state index contributed by atoms with van der Waals surface area (Å²) >= 11 is 0. The number of esters is 2. The van der Waals surface area contributed by atoms with Crippen molar-refractivity contribution in [2.24, 2.45) is 0 Å². The van der Waals surface area contributed by atoms with Crippen LogP contribution in [-0.4, -0.2) is 24.6 Å². The molecule has 4 nitrogen and oxygen atoms in total. The van der Waals surface area contributed by atoms with Gasteiger partial charge in [0.05, 0.1) is 12.7 Å². The predicted octanol–water partition coefficient (Wildman–Crippen LogP) is 2.60. The van der Waals surface area contributed by atoms with Gasteiger partial charge in [-0.15, -0.1) is 0 Å². The Kier molecular flexibility index (Phi) is 6.67. The maximum atomic E-state index is 10.7. The minimum absolute atomic E-state index is 0.0255. The monoisotopic (exact) mass is 242 g/mol. The zero-order valence-electron chi connectivity index (χ0n) is 10.6. The summed E-state index contributed by atoms with van der Waals surface area (Å²) in [6.07, 6.45) is 7.77. The standard InChI is InChI=1S/C7H12O2.C6H10O2/c1-6-4-2-3-5-7(8)9-6;7-6-4-2-1-3-5-8-6/h6H,2-5H2,1H3;1-5H2. The summed E-state index contributed by atoms with van der Waals surface area (Å²) < 4.78 is 9.74. The molecule has 0 aromatic carbocycles. The smallest absolute Gasteiger partial charge is 0.306 e. The quantitative estimate of drug-likeness (QED) is 0.613. The van der Waals surface area contributed by atoms with Gasteiger partial charge < -0.3 is 9.47 Å². The van der Waals surface area contributed by atoms with E-state index in [0.717, 1.165) is 38.5 Å². The van der Waals surface area contributed by atoms with Gasteiger partial charge in [0.2, 0.25) is 0 Å². The van der Waals surface area contributed by atoms with Crippen molar-refractivity contribution < 1.29 is 19.1 Å². The molecule has 0 spiro atoms. The van der Waals surface area contributed by atoms with Crippen LogP contribution in [0.4, 0.5) is 0 Å². The Morgan fingerprint density at radius 3 is 2.47 bits per heavy atom. The third kappa shape index (κ3) is 6.97. The number of rotatable bonds is 0. The largest absolute Gasteiger partial charge is 0.466 e. The first-order valence-corrected chi connectivity index (χ1v) is 6.53. The Morgan fingerprint density at radius 1 is 0.941 bits per heavy atom. The fraction of sp³-hybridized carbons (Fsp3) is 0.846. The van der Waals surface area contributed by atoms with Crippen molar-refractivity contribution in [1.29, 1.82) is 0 Å². The molecule has 2 rings (SSSR count). The van der Waals surface area contributed by atoms with Crippen LogP contribution in [-0.2, 0) is 19.1 Å². The molecule has 17 heavy (non-hydrogen) atoms. The van der Waals surface area contributed by atoms with Crippen LogP contribution in [0, 0.1) is 0 Å². The number of hydrogen-bond acceptors (Lipinski definition) is 4. The Morgan fingerprint density at radius 2 is 1.65 bits per heavy atom. The van der Waals surface area contributed by atoms with Gasteiger partial charge in [0, 0.05) is 12.8 Å². The fourth-order valence-electron chi connectivity index (χ4n) is 1.85. The van der Waals surface area contributed by atoms with E-state index in [-0.39, 0.29) is 18.0 Å². The first-order valence-electron chi connectivity index (χ1n) is 6.53. The van der Waals surface area contributed by atoms with E-state index in [4.69, 9.17) is 9.47 Å². The topological polar surface area (TPSA) is 52.6 Å². The van der Waals surface area contributed by atoms with Crippen LogP contribution in [0.3, 0.4) is 0 Å². The molecule has 1 atom stereocenters. The highest BCUT2D eigenvalue weighted by Gasteiger charge is 2.12. The molecular formula is C13H22O4. The van der Waals surface area contributed by atoms with Gasteiger partial charge >= 0.3 is 11.9 Å². The normalized spacial score (nSPS) is 25.6.